The van der Waals surface area contributed by atoms with Crippen LogP contribution in [0.2, 0.25) is 0 Å². The van der Waals surface area contributed by atoms with Gasteiger partial charge in [-0.15, -0.1) is 0 Å². The Labute approximate surface area is 463 Å². The van der Waals surface area contributed by atoms with Gasteiger partial charge in [0.2, 0.25) is 23.6 Å². The fourth-order valence-electron chi connectivity index (χ4n) is 9.14. The van der Waals surface area contributed by atoms with E-state index in [0.29, 0.717) is 101 Å². The number of halogens is 3. The molecule has 434 valence electrons. The molecule has 7 rings (SSSR count). The number of amides is 4. The van der Waals surface area contributed by atoms with Gasteiger partial charge in [0.15, 0.2) is 5.69 Å². The SMILES string of the molecule is CN[C@@H](C)C(=O)N[C@H](C(=O)N1Cc2cc(OCCOCCOCCOCCOCCNCc3n[nH]c(C)c3NC(=O)c3coc(-c4ccnc(NCC(F)(F)F)c4)n3)ccc2C[C@H]1C(=O)N[C@@H]1CCCc2ccccc21)C(C)(C)C. The lowest BCUT2D eigenvalue weighted by atomic mass is 9.83. The zero-order chi connectivity index (χ0) is 57.2. The number of oxazole rings is 1. The van der Waals surface area contributed by atoms with Crippen LogP contribution < -0.4 is 36.6 Å². The fraction of sp³-hybridized carbons (Fsp3) is 0.518. The third kappa shape index (κ3) is 17.5. The minimum atomic E-state index is -4.42. The summed E-state index contributed by atoms with van der Waals surface area (Å²) in [5, 5.41) is 24.6. The number of anilines is 2. The first-order valence-electron chi connectivity index (χ1n) is 26.9. The smallest absolute Gasteiger partial charge is 0.405 e. The summed E-state index contributed by atoms with van der Waals surface area (Å²) in [4.78, 5) is 64.9. The van der Waals surface area contributed by atoms with Crippen molar-refractivity contribution in [1.29, 1.82) is 0 Å². The van der Waals surface area contributed by atoms with Crippen LogP contribution in [-0.2, 0) is 59.3 Å². The maximum Gasteiger partial charge on any atom is 0.405 e. The van der Waals surface area contributed by atoms with Crippen molar-refractivity contribution in [3.8, 4) is 17.2 Å². The normalized spacial score (nSPS) is 16.0. The van der Waals surface area contributed by atoms with Gasteiger partial charge in [0.1, 0.15) is 43.1 Å². The lowest BCUT2D eigenvalue weighted by Crippen LogP contribution is -2.62. The number of H-pyrrole nitrogens is 1. The number of fused-ring (bicyclic) bond motifs is 2. The molecule has 2 aliphatic rings. The van der Waals surface area contributed by atoms with E-state index in [1.807, 2.05) is 51.1 Å². The van der Waals surface area contributed by atoms with Crippen molar-refractivity contribution >= 4 is 35.1 Å². The minimum Gasteiger partial charge on any atom is -0.491 e. The highest BCUT2D eigenvalue weighted by Crippen LogP contribution is 2.34. The Hall–Kier alpha value is -6.96. The van der Waals surface area contributed by atoms with E-state index in [9.17, 15) is 32.3 Å². The third-order valence-corrected chi connectivity index (χ3v) is 13.6. The van der Waals surface area contributed by atoms with Gasteiger partial charge < -0.3 is 64.9 Å². The van der Waals surface area contributed by atoms with Crippen LogP contribution in [0, 0.1) is 12.3 Å². The Kier molecular flexibility index (Phi) is 22.0. The summed E-state index contributed by atoms with van der Waals surface area (Å²) in [6.45, 7) is 12.2. The van der Waals surface area contributed by atoms with Crippen molar-refractivity contribution in [3.05, 3.63) is 106 Å². The second-order valence-electron chi connectivity index (χ2n) is 20.6. The van der Waals surface area contributed by atoms with Crippen molar-refractivity contribution in [1.82, 2.24) is 46.3 Å². The molecule has 0 radical (unpaired) electrons. The van der Waals surface area contributed by atoms with Crippen LogP contribution >= 0.6 is 0 Å². The quantitative estimate of drug-likeness (QED) is 0.0279. The van der Waals surface area contributed by atoms with Gasteiger partial charge in [-0.3, -0.25) is 24.3 Å². The van der Waals surface area contributed by atoms with Crippen LogP contribution in [0.5, 0.6) is 5.75 Å². The number of aromatic amines is 1. The molecule has 0 fully saturated rings. The van der Waals surface area contributed by atoms with Crippen LogP contribution in [0.1, 0.15) is 90.7 Å². The number of alkyl halides is 3. The van der Waals surface area contributed by atoms with E-state index in [-0.39, 0.29) is 54.3 Å². The predicted molar refractivity (Wildman–Crippen MR) is 291 cm³/mol. The Bertz CT molecular complexity index is 2840. The average Bonchev–Trinajstić information content (AvgIpc) is 4.08. The topological polar surface area (TPSA) is 257 Å². The fourth-order valence-corrected chi connectivity index (χ4v) is 9.14. The molecule has 5 aromatic rings. The maximum atomic E-state index is 14.7. The second-order valence-corrected chi connectivity index (χ2v) is 20.6. The van der Waals surface area contributed by atoms with Gasteiger partial charge in [0.05, 0.1) is 82.0 Å². The van der Waals surface area contributed by atoms with E-state index in [1.165, 1.54) is 23.9 Å². The lowest BCUT2D eigenvalue weighted by molar-refractivity contribution is -0.147. The van der Waals surface area contributed by atoms with Gasteiger partial charge in [-0.1, -0.05) is 51.1 Å². The number of carbonyl (C=O) groups is 4. The average molecular weight is 1120 g/mol. The van der Waals surface area contributed by atoms with Gasteiger partial charge >= 0.3 is 6.18 Å². The number of carbonyl (C=O) groups excluding carboxylic acids is 4. The van der Waals surface area contributed by atoms with Crippen molar-refractivity contribution in [2.45, 2.75) is 104 Å². The molecule has 0 saturated heterocycles. The van der Waals surface area contributed by atoms with Crippen LogP contribution in [0.25, 0.3) is 11.5 Å². The summed E-state index contributed by atoms with van der Waals surface area (Å²) < 4.78 is 72.1. The molecule has 80 heavy (non-hydrogen) atoms. The van der Waals surface area contributed by atoms with E-state index in [4.69, 9.17) is 28.1 Å². The summed E-state index contributed by atoms with van der Waals surface area (Å²) in [7, 11) is 1.69. The van der Waals surface area contributed by atoms with E-state index >= 15 is 0 Å². The van der Waals surface area contributed by atoms with Crippen molar-refractivity contribution in [2.24, 2.45) is 5.41 Å². The summed E-state index contributed by atoms with van der Waals surface area (Å²) in [6, 6.07) is 14.4. The first-order valence-corrected chi connectivity index (χ1v) is 26.9. The predicted octanol–water partition coefficient (Wildman–Crippen LogP) is 5.82. The lowest BCUT2D eigenvalue weighted by Gasteiger charge is -2.41. The summed E-state index contributed by atoms with van der Waals surface area (Å²) >= 11 is 0. The van der Waals surface area contributed by atoms with Crippen LogP contribution in [0.3, 0.4) is 0 Å². The third-order valence-electron chi connectivity index (χ3n) is 13.6. The molecule has 24 heteroatoms. The number of hydrogen-bond donors (Lipinski definition) is 7. The molecule has 7 N–H and O–H groups in total. The maximum absolute atomic E-state index is 14.7. The van der Waals surface area contributed by atoms with E-state index < -0.39 is 42.2 Å². The highest BCUT2D eigenvalue weighted by atomic mass is 19.4. The molecule has 21 nitrogen and oxygen atoms in total. The minimum absolute atomic E-state index is 0.0238. The molecule has 4 atom stereocenters. The molecule has 4 heterocycles. The van der Waals surface area contributed by atoms with Crippen LogP contribution in [-0.4, -0.2) is 153 Å². The zero-order valence-electron chi connectivity index (χ0n) is 46.2. The molecule has 3 aromatic heterocycles. The number of aryl methyl sites for hydroxylation is 2. The van der Waals surface area contributed by atoms with Gasteiger partial charge in [-0.05, 0) is 92.1 Å². The molecule has 0 bridgehead atoms. The van der Waals surface area contributed by atoms with Gasteiger partial charge in [0, 0.05) is 37.8 Å². The molecular weight excluding hydrogens is 1040 g/mol. The summed E-state index contributed by atoms with van der Waals surface area (Å²) in [5.74, 6) is -0.805. The Morgan fingerprint density at radius 1 is 0.887 bits per heavy atom. The highest BCUT2D eigenvalue weighted by molar-refractivity contribution is 6.03. The highest BCUT2D eigenvalue weighted by Gasteiger charge is 2.43. The monoisotopic (exact) mass is 1120 g/mol. The molecule has 1 aliphatic carbocycles. The van der Waals surface area contributed by atoms with Crippen molar-refractivity contribution < 1.29 is 60.5 Å². The van der Waals surface area contributed by atoms with E-state index in [2.05, 4.69) is 64.2 Å². The number of likely N-dealkylation sites (N-methyl/N-ethyl adjacent to an activating group) is 1. The molecule has 2 aromatic carbocycles. The number of aromatic nitrogens is 4. The van der Waals surface area contributed by atoms with Crippen molar-refractivity contribution in [2.75, 3.05) is 90.2 Å². The number of ether oxygens (including phenoxy) is 5. The molecule has 0 saturated carbocycles. The van der Waals surface area contributed by atoms with E-state index in [1.54, 1.807) is 25.8 Å². The van der Waals surface area contributed by atoms with Crippen molar-refractivity contribution in [3.63, 3.8) is 0 Å². The summed E-state index contributed by atoms with van der Waals surface area (Å²) in [5.41, 5.74) is 5.42. The molecule has 1 aliphatic heterocycles. The first-order chi connectivity index (χ1) is 38.4. The Morgan fingerprint density at radius 3 is 2.31 bits per heavy atom. The summed E-state index contributed by atoms with van der Waals surface area (Å²) in [6.07, 6.45) is 1.06. The van der Waals surface area contributed by atoms with E-state index in [0.717, 1.165) is 42.2 Å². The number of hydrogen-bond acceptors (Lipinski definition) is 16. The number of nitrogens with one attached hydrogen (secondary N) is 7. The number of rotatable bonds is 29. The number of nitrogens with zero attached hydrogens (tertiary/aromatic N) is 4. The van der Waals surface area contributed by atoms with Crippen LogP contribution in [0.4, 0.5) is 24.7 Å². The molecule has 0 unspecified atom stereocenters. The number of benzene rings is 2. The Morgan fingerprint density at radius 2 is 1.60 bits per heavy atom. The second kappa shape index (κ2) is 29.0. The Balaban J connectivity index is 0.760. The molecular formula is C56H74F3N11O10. The largest absolute Gasteiger partial charge is 0.491 e. The van der Waals surface area contributed by atoms with Gasteiger partial charge in [-0.25, -0.2) is 9.97 Å². The molecule has 4 amide bonds. The number of pyridine rings is 1. The first kappa shape index (κ1) is 60.7. The van der Waals surface area contributed by atoms with Gasteiger partial charge in [0.25, 0.3) is 5.91 Å². The van der Waals surface area contributed by atoms with Gasteiger partial charge in [-0.2, -0.15) is 18.3 Å². The standard InChI is InChI=1S/C56H74F3N11O10/c1-35-48(66-51(72)45-33-80-53(65-45)39-16-17-62-47(30-39)63-34-56(57,58)59)44(69-68-35)31-61-18-19-75-20-21-76-22-23-77-24-25-78-26-27-79-41-15-14-38-29-46(52(73)64-43-13-9-11-37-10-7-8-12-42(37)43)70(32-40(38)28-41)54(74)49(55(3,4)5)67-50(71)36(2)60-6/h7-8,10,12,14-17,28,30,33,36,43,46,49,60-61H,9,11,13,18-27,29,31-32,34H2,1-6H3,(H,62,63)(H,64,73)(H,66,72)(H,67,71)(H,68,69)/t36-,43+,46-,49+/m0/s1. The van der Waals surface area contributed by atoms with Crippen LogP contribution in [0.15, 0.2) is 71.5 Å². The zero-order valence-corrected chi connectivity index (χ0v) is 46.2. The molecule has 0 spiro atoms.